The second-order valence-corrected chi connectivity index (χ2v) is 10.7. The molecule has 9 nitrogen and oxygen atoms in total. The van der Waals surface area contributed by atoms with E-state index in [4.69, 9.17) is 4.74 Å². The Kier molecular flexibility index (Phi) is 7.82. The Morgan fingerprint density at radius 3 is 2.54 bits per heavy atom. The average molecular weight is 529 g/mol. The molecule has 1 atom stereocenters. The zero-order valence-corrected chi connectivity index (χ0v) is 20.0. The molecule has 3 aliphatic rings. The number of amides is 1. The minimum atomic E-state index is -2.83. The molecule has 0 aromatic carbocycles. The van der Waals surface area contributed by atoms with E-state index in [9.17, 15) is 13.2 Å². The van der Waals surface area contributed by atoms with Crippen molar-refractivity contribution in [1.29, 1.82) is 0 Å². The van der Waals surface area contributed by atoms with E-state index in [2.05, 4.69) is 20.1 Å². The molecule has 1 N–H and O–H groups in total. The van der Waals surface area contributed by atoms with Crippen molar-refractivity contribution in [2.75, 3.05) is 63.9 Å². The van der Waals surface area contributed by atoms with E-state index >= 15 is 0 Å². The summed E-state index contributed by atoms with van der Waals surface area (Å²) >= 11 is 0. The van der Waals surface area contributed by atoms with Gasteiger partial charge in [-0.1, -0.05) is 0 Å². The number of halogens is 1. The summed E-state index contributed by atoms with van der Waals surface area (Å²) in [5, 5.41) is 3.38. The lowest BCUT2D eigenvalue weighted by Crippen LogP contribution is -2.58. The molecule has 11 heteroatoms. The molecule has 2 saturated heterocycles. The van der Waals surface area contributed by atoms with Gasteiger partial charge in [-0.2, -0.15) is 0 Å². The molecule has 0 bridgehead atoms. The van der Waals surface area contributed by atoms with E-state index in [-0.39, 0.29) is 47.6 Å². The fourth-order valence-corrected chi connectivity index (χ4v) is 4.80. The lowest BCUT2D eigenvalue weighted by Gasteiger charge is -2.39. The number of hydrogen-bond donors (Lipinski definition) is 1. The Labute approximate surface area is 184 Å². The fourth-order valence-electron chi connectivity index (χ4n) is 3.52. The third kappa shape index (κ3) is 6.34. The van der Waals surface area contributed by atoms with Gasteiger partial charge in [0.2, 0.25) is 0 Å². The number of aliphatic imine (C=N–C) groups is 1. The van der Waals surface area contributed by atoms with Gasteiger partial charge in [0.05, 0.1) is 24.1 Å². The van der Waals surface area contributed by atoms with E-state index in [0.717, 1.165) is 25.6 Å². The summed E-state index contributed by atoms with van der Waals surface area (Å²) in [5.41, 5.74) is -0.485. The molecule has 0 saturated carbocycles. The highest BCUT2D eigenvalue weighted by Gasteiger charge is 2.36. The summed E-state index contributed by atoms with van der Waals surface area (Å²) in [5.74, 6) is 1.39. The summed E-state index contributed by atoms with van der Waals surface area (Å²) in [7, 11) is -2.83. The molecule has 2 fully saturated rings. The smallest absolute Gasteiger partial charge is 0.410 e. The Morgan fingerprint density at radius 1 is 1.21 bits per heavy atom. The van der Waals surface area contributed by atoms with Crippen LogP contribution in [0.1, 0.15) is 20.8 Å². The van der Waals surface area contributed by atoms with Gasteiger partial charge in [0.25, 0.3) is 0 Å². The molecular formula is C17H32IN5O4S. The maximum absolute atomic E-state index is 12.3. The highest BCUT2D eigenvalue weighted by atomic mass is 127. The van der Waals surface area contributed by atoms with Crippen molar-refractivity contribution < 1.29 is 17.9 Å². The zero-order chi connectivity index (χ0) is 19.7. The van der Waals surface area contributed by atoms with Crippen LogP contribution >= 0.6 is 24.0 Å². The van der Waals surface area contributed by atoms with Gasteiger partial charge in [0.15, 0.2) is 15.8 Å². The first kappa shape index (κ1) is 23.5. The summed E-state index contributed by atoms with van der Waals surface area (Å²) in [6.45, 7) is 11.0. The first-order valence-corrected chi connectivity index (χ1v) is 11.4. The van der Waals surface area contributed by atoms with E-state index in [1.807, 2.05) is 20.8 Å². The Balaban J connectivity index is 0.00000280. The molecule has 3 heterocycles. The van der Waals surface area contributed by atoms with E-state index in [1.54, 1.807) is 4.90 Å². The first-order valence-electron chi connectivity index (χ1n) is 9.59. The van der Waals surface area contributed by atoms with Crippen molar-refractivity contribution in [2.45, 2.75) is 32.4 Å². The number of nitrogens with zero attached hydrogens (tertiary/aromatic N) is 4. The molecule has 0 radical (unpaired) electrons. The molecular weight excluding hydrogens is 497 g/mol. The van der Waals surface area contributed by atoms with Crippen molar-refractivity contribution in [1.82, 2.24) is 20.0 Å². The topological polar surface area (TPSA) is 94.5 Å². The standard InChI is InChI=1S/C17H31N5O4S.HI/c1-17(2,3)26-16(23)21-6-7-22-14(13-21)12-19-15(22)18-4-5-20-8-10-27(24,25)11-9-20;/h14H,4-13H2,1-3H3,(H,18,19);1H. The molecule has 1 unspecified atom stereocenters. The number of fused-ring (bicyclic) bond motifs is 1. The number of guanidine groups is 1. The molecule has 3 rings (SSSR count). The molecule has 3 aliphatic heterocycles. The number of piperazine rings is 1. The van der Waals surface area contributed by atoms with Crippen LogP contribution in [0.4, 0.5) is 4.79 Å². The van der Waals surface area contributed by atoms with Crippen LogP contribution in [0, 0.1) is 0 Å². The maximum atomic E-state index is 12.3. The molecule has 162 valence electrons. The van der Waals surface area contributed by atoms with Crippen molar-refractivity contribution in [3.8, 4) is 0 Å². The average Bonchev–Trinajstić information content (AvgIpc) is 2.97. The van der Waals surface area contributed by atoms with Crippen LogP contribution in [0.3, 0.4) is 0 Å². The Bertz CT molecular complexity index is 680. The van der Waals surface area contributed by atoms with Crippen LogP contribution in [0.15, 0.2) is 4.99 Å². The molecule has 0 aromatic rings. The number of hydrogen-bond acceptors (Lipinski definition) is 8. The lowest BCUT2D eigenvalue weighted by molar-refractivity contribution is 0.0137. The van der Waals surface area contributed by atoms with Gasteiger partial charge in [-0.05, 0) is 20.8 Å². The Morgan fingerprint density at radius 2 is 1.89 bits per heavy atom. The lowest BCUT2D eigenvalue weighted by atomic mass is 10.2. The highest BCUT2D eigenvalue weighted by Crippen LogP contribution is 2.18. The van der Waals surface area contributed by atoms with Crippen molar-refractivity contribution in [2.24, 2.45) is 4.99 Å². The van der Waals surface area contributed by atoms with Crippen molar-refractivity contribution in [3.63, 3.8) is 0 Å². The summed E-state index contributed by atoms with van der Waals surface area (Å²) in [4.78, 5) is 23.0. The van der Waals surface area contributed by atoms with E-state index < -0.39 is 15.4 Å². The SMILES string of the molecule is CC(C)(C)OC(=O)N1CCN2C(NCCN3CCS(=O)(=O)CC3)=NCC2C1.I. The second-order valence-electron chi connectivity index (χ2n) is 8.36. The van der Waals surface area contributed by atoms with Crippen molar-refractivity contribution in [3.05, 3.63) is 0 Å². The number of ether oxygens (including phenoxy) is 1. The van der Waals surface area contributed by atoms with Crippen LogP contribution in [0.25, 0.3) is 0 Å². The Hall–Kier alpha value is -0.820. The predicted octanol–water partition coefficient (Wildman–Crippen LogP) is 0.215. The van der Waals surface area contributed by atoms with Gasteiger partial charge in [-0.3, -0.25) is 9.89 Å². The van der Waals surface area contributed by atoms with Crippen molar-refractivity contribution >= 4 is 45.9 Å². The molecule has 1 amide bonds. The molecule has 28 heavy (non-hydrogen) atoms. The molecule has 0 aromatic heterocycles. The number of nitrogens with one attached hydrogen (secondary N) is 1. The van der Waals surface area contributed by atoms with Crippen LogP contribution in [-0.2, 0) is 14.6 Å². The maximum Gasteiger partial charge on any atom is 0.410 e. The normalized spacial score (nSPS) is 24.8. The van der Waals surface area contributed by atoms with Gasteiger partial charge in [-0.15, -0.1) is 24.0 Å². The number of carbonyl (C=O) groups excluding carboxylic acids is 1. The van der Waals surface area contributed by atoms with E-state index in [1.165, 1.54) is 0 Å². The highest BCUT2D eigenvalue weighted by molar-refractivity contribution is 14.0. The minimum absolute atomic E-state index is 0. The summed E-state index contributed by atoms with van der Waals surface area (Å²) < 4.78 is 28.4. The zero-order valence-electron chi connectivity index (χ0n) is 16.9. The number of rotatable bonds is 3. The third-order valence-electron chi connectivity index (χ3n) is 5.01. The fraction of sp³-hybridized carbons (Fsp3) is 0.882. The number of carbonyl (C=O) groups is 1. The minimum Gasteiger partial charge on any atom is -0.444 e. The molecule has 0 aliphatic carbocycles. The van der Waals surface area contributed by atoms with E-state index in [0.29, 0.717) is 32.7 Å². The van der Waals surface area contributed by atoms with Gasteiger partial charge < -0.3 is 19.9 Å². The number of sulfone groups is 1. The second kappa shape index (κ2) is 9.33. The monoisotopic (exact) mass is 529 g/mol. The molecule has 0 spiro atoms. The summed E-state index contributed by atoms with van der Waals surface area (Å²) in [6.07, 6.45) is -0.261. The third-order valence-corrected chi connectivity index (χ3v) is 6.62. The first-order chi connectivity index (χ1) is 12.6. The van der Waals surface area contributed by atoms with Gasteiger partial charge in [0.1, 0.15) is 5.60 Å². The van der Waals surface area contributed by atoms with Crippen LogP contribution in [0.5, 0.6) is 0 Å². The largest absolute Gasteiger partial charge is 0.444 e. The van der Waals surface area contributed by atoms with Crippen LogP contribution < -0.4 is 5.32 Å². The van der Waals surface area contributed by atoms with Gasteiger partial charge in [-0.25, -0.2) is 13.2 Å². The van der Waals surface area contributed by atoms with Crippen LogP contribution in [-0.4, -0.2) is 111 Å². The van der Waals surface area contributed by atoms with Crippen LogP contribution in [0.2, 0.25) is 0 Å². The van der Waals surface area contributed by atoms with Gasteiger partial charge >= 0.3 is 6.09 Å². The summed E-state index contributed by atoms with van der Waals surface area (Å²) in [6, 6.07) is 0.189. The predicted molar refractivity (Wildman–Crippen MR) is 119 cm³/mol. The van der Waals surface area contributed by atoms with Gasteiger partial charge in [0, 0.05) is 45.8 Å². The quantitative estimate of drug-likeness (QED) is 0.523.